The fraction of sp³-hybridized carbons (Fsp3) is 0.0500. The molecule has 1 atom stereocenters. The Morgan fingerprint density at radius 1 is 1.04 bits per heavy atom. The molecule has 0 saturated carbocycles. The number of carbonyl (C=O) groups is 1. The number of hydroxylamine groups is 1. The maximum Gasteiger partial charge on any atom is 0.274 e. The summed E-state index contributed by atoms with van der Waals surface area (Å²) in [6, 6.07) is 23.0. The molecule has 0 fully saturated rings. The van der Waals surface area contributed by atoms with Crippen LogP contribution in [0.3, 0.4) is 0 Å². The van der Waals surface area contributed by atoms with Crippen molar-refractivity contribution in [3.63, 3.8) is 0 Å². The zero-order chi connectivity index (χ0) is 18.6. The molecule has 0 aliphatic carbocycles. The summed E-state index contributed by atoms with van der Waals surface area (Å²) in [6.45, 7) is 0. The smallest absolute Gasteiger partial charge is 0.274 e. The van der Waals surface area contributed by atoms with E-state index in [0.29, 0.717) is 17.0 Å². The zero-order valence-electron chi connectivity index (χ0n) is 14.2. The van der Waals surface area contributed by atoms with Gasteiger partial charge in [-0.2, -0.15) is 0 Å². The first-order valence-electron chi connectivity index (χ1n) is 8.32. The van der Waals surface area contributed by atoms with E-state index in [1.54, 1.807) is 35.6 Å². The van der Waals surface area contributed by atoms with E-state index in [-0.39, 0.29) is 6.23 Å². The van der Waals surface area contributed by atoms with Crippen molar-refractivity contribution < 1.29 is 14.7 Å². The highest BCUT2D eigenvalue weighted by molar-refractivity contribution is 8.00. The van der Waals surface area contributed by atoms with Gasteiger partial charge in [0.2, 0.25) is 0 Å². The SMILES string of the molecule is O=C(NO)c1ccc2c(c1)NC(c1ccc(NSc3ccccc3)cc1)O2. The number of hydrogen-bond donors (Lipinski definition) is 4. The van der Waals surface area contributed by atoms with Crippen molar-refractivity contribution in [3.8, 4) is 5.75 Å². The Bertz CT molecular complexity index is 948. The van der Waals surface area contributed by atoms with Crippen LogP contribution in [-0.4, -0.2) is 11.1 Å². The quantitative estimate of drug-likeness (QED) is 0.298. The number of nitrogens with one attached hydrogen (secondary N) is 3. The largest absolute Gasteiger partial charge is 0.464 e. The monoisotopic (exact) mass is 379 g/mol. The number of amides is 1. The van der Waals surface area contributed by atoms with E-state index in [1.807, 2.05) is 54.6 Å². The molecule has 136 valence electrons. The Labute approximate surface area is 160 Å². The van der Waals surface area contributed by atoms with E-state index >= 15 is 0 Å². The Balaban J connectivity index is 1.41. The van der Waals surface area contributed by atoms with Gasteiger partial charge in [0.05, 0.1) is 5.69 Å². The molecular weight excluding hydrogens is 362 g/mol. The second kappa shape index (κ2) is 7.61. The number of benzene rings is 3. The fourth-order valence-corrected chi connectivity index (χ4v) is 3.40. The van der Waals surface area contributed by atoms with Crippen LogP contribution in [0, 0.1) is 0 Å². The van der Waals surface area contributed by atoms with Crippen molar-refractivity contribution in [3.05, 3.63) is 83.9 Å². The molecule has 1 amide bonds. The highest BCUT2D eigenvalue weighted by atomic mass is 32.2. The Hall–Kier alpha value is -3.16. The van der Waals surface area contributed by atoms with E-state index in [2.05, 4.69) is 10.0 Å². The van der Waals surface area contributed by atoms with Crippen LogP contribution in [0.5, 0.6) is 5.75 Å². The van der Waals surface area contributed by atoms with E-state index in [0.717, 1.165) is 16.1 Å². The summed E-state index contributed by atoms with van der Waals surface area (Å²) < 4.78 is 9.21. The highest BCUT2D eigenvalue weighted by Crippen LogP contribution is 2.38. The predicted molar refractivity (Wildman–Crippen MR) is 105 cm³/mol. The lowest BCUT2D eigenvalue weighted by Gasteiger charge is -2.12. The predicted octanol–water partition coefficient (Wildman–Crippen LogP) is 4.43. The molecule has 1 aliphatic rings. The van der Waals surface area contributed by atoms with Gasteiger partial charge in [-0.1, -0.05) is 30.3 Å². The summed E-state index contributed by atoms with van der Waals surface area (Å²) in [7, 11) is 0. The molecular formula is C20H17N3O3S. The standard InChI is InChI=1S/C20H17N3O3S/c24-19(22-25)14-8-11-18-17(12-14)21-20(26-18)13-6-9-15(10-7-13)23-27-16-4-2-1-3-5-16/h1-12,20-21,23,25H,(H,22,24). The van der Waals surface area contributed by atoms with Gasteiger partial charge in [0.1, 0.15) is 5.75 Å². The minimum Gasteiger partial charge on any atom is -0.464 e. The van der Waals surface area contributed by atoms with Gasteiger partial charge in [0, 0.05) is 21.7 Å². The molecule has 4 rings (SSSR count). The molecule has 3 aromatic rings. The molecule has 4 N–H and O–H groups in total. The van der Waals surface area contributed by atoms with Crippen molar-refractivity contribution in [1.82, 2.24) is 5.48 Å². The third-order valence-electron chi connectivity index (χ3n) is 4.12. The average molecular weight is 379 g/mol. The van der Waals surface area contributed by atoms with Crippen LogP contribution in [0.25, 0.3) is 0 Å². The van der Waals surface area contributed by atoms with Gasteiger partial charge in [-0.05, 0) is 54.4 Å². The Morgan fingerprint density at radius 2 is 1.81 bits per heavy atom. The highest BCUT2D eigenvalue weighted by Gasteiger charge is 2.24. The molecule has 0 saturated heterocycles. The van der Waals surface area contributed by atoms with Crippen LogP contribution >= 0.6 is 11.9 Å². The maximum absolute atomic E-state index is 11.5. The summed E-state index contributed by atoms with van der Waals surface area (Å²) in [6.07, 6.45) is -0.330. The molecule has 0 spiro atoms. The first-order chi connectivity index (χ1) is 13.2. The minimum absolute atomic E-state index is 0.330. The molecule has 0 aromatic heterocycles. The van der Waals surface area contributed by atoms with Gasteiger partial charge in [-0.3, -0.25) is 10.0 Å². The van der Waals surface area contributed by atoms with Crippen LogP contribution in [0.15, 0.2) is 77.7 Å². The second-order valence-electron chi connectivity index (χ2n) is 5.93. The molecule has 27 heavy (non-hydrogen) atoms. The average Bonchev–Trinajstić information content (AvgIpc) is 3.16. The number of fused-ring (bicyclic) bond motifs is 1. The van der Waals surface area contributed by atoms with Crippen molar-refractivity contribution in [2.24, 2.45) is 0 Å². The van der Waals surface area contributed by atoms with Crippen molar-refractivity contribution in [1.29, 1.82) is 0 Å². The maximum atomic E-state index is 11.5. The van der Waals surface area contributed by atoms with E-state index in [4.69, 9.17) is 9.94 Å². The fourth-order valence-electron chi connectivity index (χ4n) is 2.73. The van der Waals surface area contributed by atoms with Gasteiger partial charge in [0.25, 0.3) is 5.91 Å². The van der Waals surface area contributed by atoms with Crippen LogP contribution in [0.2, 0.25) is 0 Å². The summed E-state index contributed by atoms with van der Waals surface area (Å²) in [5.41, 5.74) is 4.65. The summed E-state index contributed by atoms with van der Waals surface area (Å²) in [4.78, 5) is 12.7. The Kier molecular flexibility index (Phi) is 4.86. The van der Waals surface area contributed by atoms with Crippen LogP contribution in [0.4, 0.5) is 11.4 Å². The lowest BCUT2D eigenvalue weighted by molar-refractivity contribution is 0.0706. The molecule has 6 nitrogen and oxygen atoms in total. The molecule has 1 heterocycles. The topological polar surface area (TPSA) is 82.6 Å². The summed E-state index contributed by atoms with van der Waals surface area (Å²) >= 11 is 1.55. The molecule has 1 unspecified atom stereocenters. The second-order valence-corrected chi connectivity index (χ2v) is 6.81. The van der Waals surface area contributed by atoms with E-state index in [1.165, 1.54) is 0 Å². The lowest BCUT2D eigenvalue weighted by atomic mass is 10.1. The van der Waals surface area contributed by atoms with Crippen LogP contribution < -0.4 is 20.3 Å². The number of anilines is 2. The van der Waals surface area contributed by atoms with Gasteiger partial charge < -0.3 is 14.8 Å². The van der Waals surface area contributed by atoms with Crippen LogP contribution in [-0.2, 0) is 0 Å². The molecule has 0 bridgehead atoms. The number of carbonyl (C=O) groups excluding carboxylic acids is 1. The lowest BCUT2D eigenvalue weighted by Crippen LogP contribution is -2.18. The minimum atomic E-state index is -0.561. The van der Waals surface area contributed by atoms with E-state index in [9.17, 15) is 4.79 Å². The molecule has 0 radical (unpaired) electrons. The van der Waals surface area contributed by atoms with Gasteiger partial charge in [0.15, 0.2) is 6.23 Å². The molecule has 3 aromatic carbocycles. The van der Waals surface area contributed by atoms with Crippen molar-refractivity contribution >= 4 is 29.2 Å². The molecule has 7 heteroatoms. The first kappa shape index (κ1) is 17.3. The number of hydrogen-bond acceptors (Lipinski definition) is 6. The molecule has 1 aliphatic heterocycles. The normalized spacial score (nSPS) is 14.6. The number of ether oxygens (including phenoxy) is 1. The van der Waals surface area contributed by atoms with E-state index < -0.39 is 5.91 Å². The first-order valence-corrected chi connectivity index (χ1v) is 9.14. The third-order valence-corrected chi connectivity index (χ3v) is 4.96. The van der Waals surface area contributed by atoms with Gasteiger partial charge in [-0.15, -0.1) is 0 Å². The van der Waals surface area contributed by atoms with Crippen LogP contribution in [0.1, 0.15) is 22.1 Å². The summed E-state index contributed by atoms with van der Waals surface area (Å²) in [5.74, 6) is 0.103. The van der Waals surface area contributed by atoms with Gasteiger partial charge in [-0.25, -0.2) is 5.48 Å². The zero-order valence-corrected chi connectivity index (χ0v) is 15.0. The number of rotatable bonds is 5. The third kappa shape index (κ3) is 3.84. The van der Waals surface area contributed by atoms with Crippen molar-refractivity contribution in [2.75, 3.05) is 10.0 Å². The summed E-state index contributed by atoms with van der Waals surface area (Å²) in [5, 5.41) is 12.0. The van der Waals surface area contributed by atoms with Crippen molar-refractivity contribution in [2.45, 2.75) is 11.1 Å². The Morgan fingerprint density at radius 3 is 2.56 bits per heavy atom. The van der Waals surface area contributed by atoms with Gasteiger partial charge >= 0.3 is 0 Å².